The maximum absolute atomic E-state index is 10.7. The lowest BCUT2D eigenvalue weighted by atomic mass is 10.1. The summed E-state index contributed by atoms with van der Waals surface area (Å²) < 4.78 is 30.6. The van der Waals surface area contributed by atoms with E-state index < -0.39 is 22.1 Å². The van der Waals surface area contributed by atoms with Gasteiger partial charge in [-0.3, -0.25) is 18.2 Å². The molecule has 0 fully saturated rings. The van der Waals surface area contributed by atoms with Gasteiger partial charge in [-0.05, 0) is 22.9 Å². The highest BCUT2D eigenvalue weighted by atomic mass is 32.2. The highest BCUT2D eigenvalue weighted by molar-refractivity contribution is 7.99. The van der Waals surface area contributed by atoms with E-state index in [4.69, 9.17) is 9.79 Å². The fourth-order valence-corrected chi connectivity index (χ4v) is 3.55. The largest absolute Gasteiger partial charge is 0.326 e. The average Bonchev–Trinajstić information content (AvgIpc) is 2.53. The lowest BCUT2D eigenvalue weighted by molar-refractivity contribution is 0.0777. The Bertz CT molecular complexity index is 664. The second-order valence-electron chi connectivity index (χ2n) is 4.68. The monoisotopic (exact) mass is 392 g/mol. The number of fused-ring (bicyclic) bond motifs is 1. The van der Waals surface area contributed by atoms with Gasteiger partial charge in [0.15, 0.2) is 0 Å². The Balaban J connectivity index is 0.000000648. The Kier molecular flexibility index (Phi) is 10.5. The first kappa shape index (κ1) is 21.4. The molecule has 0 saturated carbocycles. The fraction of sp³-hybridized carbons (Fsp3) is 0.333. The van der Waals surface area contributed by atoms with Crippen molar-refractivity contribution in [2.75, 3.05) is 0 Å². The molecular formula is C15H22O6P2S. The maximum Gasteiger partial charge on any atom is 0.319 e. The first-order chi connectivity index (χ1) is 11.5. The Labute approximate surface area is 147 Å². The summed E-state index contributed by atoms with van der Waals surface area (Å²) >= 11 is 0.947. The average molecular weight is 392 g/mol. The Morgan fingerprint density at radius 2 is 1.50 bits per heavy atom. The van der Waals surface area contributed by atoms with Gasteiger partial charge in [0, 0.05) is 4.90 Å². The van der Waals surface area contributed by atoms with Crippen LogP contribution in [0.15, 0.2) is 47.4 Å². The van der Waals surface area contributed by atoms with E-state index in [2.05, 4.69) is 22.9 Å². The standard InChI is InChI=1S/C11H12O6P2S.C4H10/c12-18(13)16-11(17-19(14)15)20-10-6-5-8-3-1-2-4-9(8)7-10;1-3-4-2/h1-7,11,18-19H,(H,12,13)(H,14,15);3-4H2,1-2H3. The first-order valence-corrected chi connectivity index (χ1v) is 10.8. The van der Waals surface area contributed by atoms with Crippen LogP contribution in [0, 0.1) is 0 Å². The van der Waals surface area contributed by atoms with Gasteiger partial charge in [-0.1, -0.05) is 68.8 Å². The van der Waals surface area contributed by atoms with E-state index in [1.165, 1.54) is 12.8 Å². The predicted molar refractivity (Wildman–Crippen MR) is 98.8 cm³/mol. The molecule has 0 spiro atoms. The van der Waals surface area contributed by atoms with Gasteiger partial charge < -0.3 is 9.79 Å². The van der Waals surface area contributed by atoms with E-state index in [9.17, 15) is 9.13 Å². The number of hydrogen-bond donors (Lipinski definition) is 2. The zero-order chi connectivity index (χ0) is 17.9. The van der Waals surface area contributed by atoms with Crippen molar-refractivity contribution in [1.82, 2.24) is 0 Å². The van der Waals surface area contributed by atoms with Crippen LogP contribution in [-0.2, 0) is 18.2 Å². The predicted octanol–water partition coefficient (Wildman–Crippen LogP) is 4.82. The van der Waals surface area contributed by atoms with Gasteiger partial charge in [-0.2, -0.15) is 0 Å². The summed E-state index contributed by atoms with van der Waals surface area (Å²) in [6.45, 7) is 4.36. The normalized spacial score (nSPS) is 14.5. The second kappa shape index (κ2) is 11.8. The fourth-order valence-electron chi connectivity index (χ4n) is 1.59. The van der Waals surface area contributed by atoms with Gasteiger partial charge in [0.1, 0.15) is 0 Å². The van der Waals surface area contributed by atoms with Crippen LogP contribution in [-0.4, -0.2) is 15.4 Å². The lowest BCUT2D eigenvalue weighted by Crippen LogP contribution is -2.04. The molecule has 2 aromatic rings. The summed E-state index contributed by atoms with van der Waals surface area (Å²) in [6, 6.07) is 13.2. The Hall–Kier alpha value is -0.650. The molecule has 9 heteroatoms. The first-order valence-electron chi connectivity index (χ1n) is 7.40. The van der Waals surface area contributed by atoms with Crippen LogP contribution in [0.2, 0.25) is 0 Å². The second-order valence-corrected chi connectivity index (χ2v) is 7.31. The SMILES string of the molecule is CCCC.O=[PH](O)OC(O[PH](=O)O)Sc1ccc2ccccc2c1. The molecule has 6 nitrogen and oxygen atoms in total. The van der Waals surface area contributed by atoms with Gasteiger partial charge in [-0.25, -0.2) is 0 Å². The zero-order valence-electron chi connectivity index (χ0n) is 13.5. The van der Waals surface area contributed by atoms with Gasteiger partial charge in [0.25, 0.3) is 0 Å². The maximum atomic E-state index is 10.7. The molecule has 0 amide bonds. The number of thioether (sulfide) groups is 1. The number of rotatable bonds is 7. The summed E-state index contributed by atoms with van der Waals surface area (Å²) in [5.74, 6) is 0. The van der Waals surface area contributed by atoms with Crippen molar-refractivity contribution in [3.63, 3.8) is 0 Å². The minimum atomic E-state index is -3.27. The molecule has 0 heterocycles. The van der Waals surface area contributed by atoms with E-state index in [1.54, 1.807) is 6.07 Å². The van der Waals surface area contributed by atoms with Crippen LogP contribution in [0.5, 0.6) is 0 Å². The summed E-state index contributed by atoms with van der Waals surface area (Å²) in [7, 11) is -6.54. The van der Waals surface area contributed by atoms with E-state index in [1.807, 2.05) is 36.4 Å². The third-order valence-corrected chi connectivity index (χ3v) is 4.93. The van der Waals surface area contributed by atoms with Gasteiger partial charge in [-0.15, -0.1) is 0 Å². The molecular weight excluding hydrogens is 370 g/mol. The van der Waals surface area contributed by atoms with Crippen molar-refractivity contribution in [1.29, 1.82) is 0 Å². The van der Waals surface area contributed by atoms with Crippen LogP contribution in [0.25, 0.3) is 10.8 Å². The summed E-state index contributed by atoms with van der Waals surface area (Å²) in [5.41, 5.74) is -1.30. The molecule has 24 heavy (non-hydrogen) atoms. The van der Waals surface area contributed by atoms with Crippen LogP contribution < -0.4 is 0 Å². The molecule has 0 aliphatic heterocycles. The van der Waals surface area contributed by atoms with Crippen molar-refractivity contribution in [2.45, 2.75) is 37.2 Å². The molecule has 2 aromatic carbocycles. The molecule has 2 N–H and O–H groups in total. The number of unbranched alkanes of at least 4 members (excludes halogenated alkanes) is 1. The lowest BCUT2D eigenvalue weighted by Gasteiger charge is -2.14. The molecule has 134 valence electrons. The summed E-state index contributed by atoms with van der Waals surface area (Å²) in [6.07, 6.45) is 2.64. The van der Waals surface area contributed by atoms with Gasteiger partial charge in [0.05, 0.1) is 0 Å². The summed E-state index contributed by atoms with van der Waals surface area (Å²) in [4.78, 5) is 18.2. The third kappa shape index (κ3) is 8.45. The van der Waals surface area contributed by atoms with Gasteiger partial charge in [0.2, 0.25) is 5.62 Å². The topological polar surface area (TPSA) is 93.1 Å². The summed E-state index contributed by atoms with van der Waals surface area (Å²) in [5, 5.41) is 2.02. The zero-order valence-corrected chi connectivity index (χ0v) is 16.3. The molecule has 0 bridgehead atoms. The van der Waals surface area contributed by atoms with Crippen molar-refractivity contribution in [3.8, 4) is 0 Å². The van der Waals surface area contributed by atoms with Crippen molar-refractivity contribution < 1.29 is 28.0 Å². The highest BCUT2D eigenvalue weighted by Crippen LogP contribution is 2.37. The number of hydrogen-bond acceptors (Lipinski definition) is 5. The Morgan fingerprint density at radius 1 is 0.958 bits per heavy atom. The molecule has 0 aliphatic carbocycles. The highest BCUT2D eigenvalue weighted by Gasteiger charge is 2.16. The van der Waals surface area contributed by atoms with Crippen LogP contribution in [0.4, 0.5) is 0 Å². The molecule has 2 rings (SSSR count). The third-order valence-electron chi connectivity index (χ3n) is 2.85. The van der Waals surface area contributed by atoms with Crippen LogP contribution >= 0.6 is 28.3 Å². The molecule has 2 unspecified atom stereocenters. The van der Waals surface area contributed by atoms with E-state index >= 15 is 0 Å². The van der Waals surface area contributed by atoms with E-state index in [0.29, 0.717) is 4.90 Å². The quantitative estimate of drug-likeness (QED) is 0.396. The molecule has 0 saturated heterocycles. The Morgan fingerprint density at radius 3 is 2.00 bits per heavy atom. The molecule has 2 atom stereocenters. The van der Waals surface area contributed by atoms with Crippen LogP contribution in [0.1, 0.15) is 26.7 Å². The van der Waals surface area contributed by atoms with Crippen molar-refractivity contribution in [3.05, 3.63) is 42.5 Å². The number of benzene rings is 2. The van der Waals surface area contributed by atoms with Crippen molar-refractivity contribution in [2.24, 2.45) is 0 Å². The van der Waals surface area contributed by atoms with Crippen LogP contribution in [0.3, 0.4) is 0 Å². The minimum absolute atomic E-state index is 0.695. The van der Waals surface area contributed by atoms with Crippen molar-refractivity contribution >= 4 is 39.0 Å². The van der Waals surface area contributed by atoms with E-state index in [0.717, 1.165) is 22.5 Å². The molecule has 0 radical (unpaired) electrons. The van der Waals surface area contributed by atoms with Gasteiger partial charge >= 0.3 is 16.5 Å². The minimum Gasteiger partial charge on any atom is -0.326 e. The molecule has 0 aliphatic rings. The molecule has 0 aromatic heterocycles. The van der Waals surface area contributed by atoms with E-state index in [-0.39, 0.29) is 0 Å². The smallest absolute Gasteiger partial charge is 0.319 e.